The van der Waals surface area contributed by atoms with Crippen LogP contribution in [0, 0.1) is 30.9 Å². The number of fused-ring (bicyclic) bond motifs is 1. The normalized spacial score (nSPS) is 10.8. The van der Waals surface area contributed by atoms with Crippen molar-refractivity contribution in [3.05, 3.63) is 62.8 Å². The molecule has 0 aliphatic rings. The van der Waals surface area contributed by atoms with Crippen LogP contribution in [0.5, 0.6) is 0 Å². The van der Waals surface area contributed by atoms with E-state index in [9.17, 15) is 14.9 Å². The Balaban J connectivity index is 1.83. The number of nitro benzene ring substituents is 1. The van der Waals surface area contributed by atoms with Crippen LogP contribution in [-0.4, -0.2) is 16.0 Å². The van der Waals surface area contributed by atoms with Crippen molar-refractivity contribution in [3.8, 4) is 0 Å². The van der Waals surface area contributed by atoms with Crippen molar-refractivity contribution in [1.82, 2.24) is 5.16 Å². The topological polar surface area (TPSA) is 98.3 Å². The predicted molar refractivity (Wildman–Crippen MR) is 93.7 cm³/mol. The Morgan fingerprint density at radius 2 is 1.88 bits per heavy atom. The van der Waals surface area contributed by atoms with E-state index < -0.39 is 4.92 Å². The number of amides is 1. The first kappa shape index (κ1) is 16.6. The number of hydrogen-bond acceptors (Lipinski definition) is 5. The highest BCUT2D eigenvalue weighted by atomic mass is 16.6. The van der Waals surface area contributed by atoms with Crippen LogP contribution in [0.2, 0.25) is 0 Å². The number of aryl methyl sites for hydroxylation is 3. The first-order chi connectivity index (χ1) is 11.8. The second-order valence-corrected chi connectivity index (χ2v) is 6.04. The van der Waals surface area contributed by atoms with E-state index in [1.54, 1.807) is 13.0 Å². The molecule has 3 aromatic rings. The summed E-state index contributed by atoms with van der Waals surface area (Å²) in [5.41, 5.74) is 4.45. The molecule has 1 heterocycles. The molecule has 0 spiro atoms. The van der Waals surface area contributed by atoms with Crippen molar-refractivity contribution in [1.29, 1.82) is 0 Å². The van der Waals surface area contributed by atoms with E-state index >= 15 is 0 Å². The van der Waals surface area contributed by atoms with Gasteiger partial charge in [0.1, 0.15) is 5.69 Å². The molecule has 25 heavy (non-hydrogen) atoms. The van der Waals surface area contributed by atoms with Gasteiger partial charge in [-0.1, -0.05) is 11.2 Å². The van der Waals surface area contributed by atoms with E-state index in [1.165, 1.54) is 12.1 Å². The fourth-order valence-electron chi connectivity index (χ4n) is 2.58. The molecule has 3 rings (SSSR count). The summed E-state index contributed by atoms with van der Waals surface area (Å²) in [4.78, 5) is 22.7. The number of nitro groups is 1. The zero-order valence-corrected chi connectivity index (χ0v) is 14.1. The number of rotatable bonds is 4. The van der Waals surface area contributed by atoms with Gasteiger partial charge in [-0.05, 0) is 49.6 Å². The highest BCUT2D eigenvalue weighted by Crippen LogP contribution is 2.25. The summed E-state index contributed by atoms with van der Waals surface area (Å²) in [7, 11) is 0. The van der Waals surface area contributed by atoms with E-state index in [1.807, 2.05) is 26.0 Å². The van der Waals surface area contributed by atoms with Gasteiger partial charge >= 0.3 is 0 Å². The molecular formula is C18H17N3O4. The third-order valence-corrected chi connectivity index (χ3v) is 4.20. The summed E-state index contributed by atoms with van der Waals surface area (Å²) in [5.74, 6) is -0.308. The van der Waals surface area contributed by atoms with Crippen LogP contribution in [0.25, 0.3) is 11.0 Å². The van der Waals surface area contributed by atoms with Gasteiger partial charge in [-0.15, -0.1) is 0 Å². The zero-order valence-electron chi connectivity index (χ0n) is 14.1. The molecule has 0 saturated carbocycles. The van der Waals surface area contributed by atoms with Gasteiger partial charge in [0.05, 0.1) is 17.0 Å². The van der Waals surface area contributed by atoms with Gasteiger partial charge in [-0.25, -0.2) is 0 Å². The first-order valence-corrected chi connectivity index (χ1v) is 7.75. The van der Waals surface area contributed by atoms with E-state index in [2.05, 4.69) is 10.5 Å². The predicted octanol–water partition coefficient (Wildman–Crippen LogP) is 3.84. The summed E-state index contributed by atoms with van der Waals surface area (Å²) in [5, 5.41) is 18.4. The average Bonchev–Trinajstić information content (AvgIpc) is 2.91. The molecule has 0 aliphatic carbocycles. The number of benzene rings is 2. The SMILES string of the molecule is Cc1cc2onc(CC(=O)Nc3cc([N+](=O)[O-])ccc3C)c2cc1C. The van der Waals surface area contributed by atoms with Gasteiger partial charge < -0.3 is 9.84 Å². The Labute approximate surface area is 143 Å². The van der Waals surface area contributed by atoms with Crippen molar-refractivity contribution in [2.45, 2.75) is 27.2 Å². The number of anilines is 1. The fourth-order valence-corrected chi connectivity index (χ4v) is 2.58. The third kappa shape index (κ3) is 3.35. The summed E-state index contributed by atoms with van der Waals surface area (Å²) < 4.78 is 5.29. The molecule has 0 radical (unpaired) electrons. The molecule has 128 valence electrons. The van der Waals surface area contributed by atoms with E-state index in [0.29, 0.717) is 17.0 Å². The van der Waals surface area contributed by atoms with Gasteiger partial charge in [0.2, 0.25) is 5.91 Å². The lowest BCUT2D eigenvalue weighted by molar-refractivity contribution is -0.384. The quantitative estimate of drug-likeness (QED) is 0.575. The number of nitrogens with one attached hydrogen (secondary N) is 1. The molecule has 1 N–H and O–H groups in total. The maximum atomic E-state index is 12.3. The Morgan fingerprint density at radius 3 is 2.60 bits per heavy atom. The fraction of sp³-hybridized carbons (Fsp3) is 0.222. The molecule has 7 nitrogen and oxygen atoms in total. The van der Waals surface area contributed by atoms with Crippen LogP contribution in [0.1, 0.15) is 22.4 Å². The van der Waals surface area contributed by atoms with Gasteiger partial charge in [0.15, 0.2) is 5.58 Å². The Kier molecular flexibility index (Phi) is 4.22. The lowest BCUT2D eigenvalue weighted by Crippen LogP contribution is -2.15. The molecule has 0 saturated heterocycles. The molecule has 1 amide bonds. The summed E-state index contributed by atoms with van der Waals surface area (Å²) >= 11 is 0. The van der Waals surface area contributed by atoms with Gasteiger partial charge in [0, 0.05) is 17.5 Å². The average molecular weight is 339 g/mol. The third-order valence-electron chi connectivity index (χ3n) is 4.20. The minimum atomic E-state index is -0.495. The van der Waals surface area contributed by atoms with Crippen LogP contribution in [-0.2, 0) is 11.2 Å². The highest BCUT2D eigenvalue weighted by Gasteiger charge is 2.16. The van der Waals surface area contributed by atoms with E-state index in [4.69, 9.17) is 4.52 Å². The Morgan fingerprint density at radius 1 is 1.16 bits per heavy atom. The lowest BCUT2D eigenvalue weighted by Gasteiger charge is -2.07. The summed E-state index contributed by atoms with van der Waals surface area (Å²) in [6.45, 7) is 5.74. The highest BCUT2D eigenvalue weighted by molar-refractivity contribution is 5.95. The number of carbonyl (C=O) groups excluding carboxylic acids is 1. The van der Waals surface area contributed by atoms with Crippen LogP contribution in [0.4, 0.5) is 11.4 Å². The van der Waals surface area contributed by atoms with Crippen LogP contribution < -0.4 is 5.32 Å². The number of nitrogens with zero attached hydrogens (tertiary/aromatic N) is 2. The minimum absolute atomic E-state index is 0.0254. The molecule has 0 fully saturated rings. The zero-order chi connectivity index (χ0) is 18.1. The summed E-state index contributed by atoms with van der Waals surface area (Å²) in [6.07, 6.45) is 0.0254. The van der Waals surface area contributed by atoms with Crippen LogP contribution in [0.15, 0.2) is 34.9 Å². The lowest BCUT2D eigenvalue weighted by atomic mass is 10.1. The number of carbonyl (C=O) groups is 1. The van der Waals surface area contributed by atoms with Crippen molar-refractivity contribution in [2.75, 3.05) is 5.32 Å². The second kappa shape index (κ2) is 6.35. The van der Waals surface area contributed by atoms with Crippen molar-refractivity contribution in [2.24, 2.45) is 0 Å². The number of non-ortho nitro benzene ring substituents is 1. The molecule has 0 aliphatic heterocycles. The van der Waals surface area contributed by atoms with Crippen molar-refractivity contribution < 1.29 is 14.2 Å². The summed E-state index contributed by atoms with van der Waals surface area (Å²) in [6, 6.07) is 8.19. The molecule has 7 heteroatoms. The van der Waals surface area contributed by atoms with Crippen LogP contribution >= 0.6 is 0 Å². The van der Waals surface area contributed by atoms with Gasteiger partial charge in [0.25, 0.3) is 5.69 Å². The second-order valence-electron chi connectivity index (χ2n) is 6.04. The van der Waals surface area contributed by atoms with Crippen LogP contribution in [0.3, 0.4) is 0 Å². The largest absolute Gasteiger partial charge is 0.356 e. The monoisotopic (exact) mass is 339 g/mol. The van der Waals surface area contributed by atoms with E-state index in [0.717, 1.165) is 22.1 Å². The Bertz CT molecular complexity index is 991. The Hall–Kier alpha value is -3.22. The van der Waals surface area contributed by atoms with Crippen molar-refractivity contribution >= 4 is 28.3 Å². The van der Waals surface area contributed by atoms with Gasteiger partial charge in [-0.3, -0.25) is 14.9 Å². The molecule has 1 aromatic heterocycles. The maximum Gasteiger partial charge on any atom is 0.271 e. The first-order valence-electron chi connectivity index (χ1n) is 7.75. The number of hydrogen-bond donors (Lipinski definition) is 1. The van der Waals surface area contributed by atoms with Crippen molar-refractivity contribution in [3.63, 3.8) is 0 Å². The van der Waals surface area contributed by atoms with Gasteiger partial charge in [-0.2, -0.15) is 0 Å². The maximum absolute atomic E-state index is 12.3. The minimum Gasteiger partial charge on any atom is -0.356 e. The molecule has 0 atom stereocenters. The standard InChI is InChI=1S/C18H17N3O4/c1-10-4-5-13(21(23)24)8-15(10)19-18(22)9-16-14-6-11(2)12(3)7-17(14)25-20-16/h4-8H,9H2,1-3H3,(H,19,22). The smallest absolute Gasteiger partial charge is 0.271 e. The van der Waals surface area contributed by atoms with E-state index in [-0.39, 0.29) is 18.0 Å². The molecule has 0 bridgehead atoms. The molecular weight excluding hydrogens is 322 g/mol. The molecule has 2 aromatic carbocycles. The number of aromatic nitrogens is 1. The molecule has 0 unspecified atom stereocenters.